The van der Waals surface area contributed by atoms with Crippen LogP contribution in [0.25, 0.3) is 0 Å². The summed E-state index contributed by atoms with van der Waals surface area (Å²) in [6.07, 6.45) is 9.21. The number of hydrogen-bond acceptors (Lipinski definition) is 1. The highest BCUT2D eigenvalue weighted by Gasteiger charge is 2.03. The normalized spacial score (nSPS) is 11.1. The lowest BCUT2D eigenvalue weighted by molar-refractivity contribution is 0.260. The van der Waals surface area contributed by atoms with Gasteiger partial charge in [0.05, 0.1) is 0 Å². The molecule has 0 aromatic heterocycles. The van der Waals surface area contributed by atoms with Gasteiger partial charge in [0.15, 0.2) is 0 Å². The predicted molar refractivity (Wildman–Crippen MR) is 85.6 cm³/mol. The van der Waals surface area contributed by atoms with Crippen molar-refractivity contribution in [3.05, 3.63) is 35.9 Å². The van der Waals surface area contributed by atoms with E-state index in [0.717, 1.165) is 0 Å². The molecule has 0 unspecified atom stereocenters. The van der Waals surface area contributed by atoms with Gasteiger partial charge in [-0.15, -0.1) is 0 Å². The third kappa shape index (κ3) is 8.05. The molecule has 0 heterocycles. The molecule has 0 aliphatic carbocycles. The van der Waals surface area contributed by atoms with E-state index in [-0.39, 0.29) is 0 Å². The summed E-state index contributed by atoms with van der Waals surface area (Å²) in [5, 5.41) is 0. The fourth-order valence-electron chi connectivity index (χ4n) is 2.41. The largest absolute Gasteiger partial charge is 0.303 e. The van der Waals surface area contributed by atoms with Crippen molar-refractivity contribution in [2.24, 2.45) is 0 Å². The van der Waals surface area contributed by atoms with Crippen molar-refractivity contribution in [3.8, 4) is 0 Å². The van der Waals surface area contributed by atoms with Gasteiger partial charge in [0.25, 0.3) is 0 Å². The fraction of sp³-hybridized carbons (Fsp3) is 0.667. The molecule has 19 heavy (non-hydrogen) atoms. The SMILES string of the molecule is CCCCN(CCCC)CCCCc1ccccc1. The van der Waals surface area contributed by atoms with Crippen LogP contribution < -0.4 is 0 Å². The second-order valence-electron chi connectivity index (χ2n) is 5.49. The fourth-order valence-corrected chi connectivity index (χ4v) is 2.41. The quantitative estimate of drug-likeness (QED) is 0.511. The van der Waals surface area contributed by atoms with Gasteiger partial charge >= 0.3 is 0 Å². The highest BCUT2D eigenvalue weighted by Crippen LogP contribution is 2.07. The van der Waals surface area contributed by atoms with Crippen LogP contribution in [0, 0.1) is 0 Å². The maximum atomic E-state index is 2.66. The van der Waals surface area contributed by atoms with Crippen LogP contribution >= 0.6 is 0 Å². The van der Waals surface area contributed by atoms with Gasteiger partial charge in [0.2, 0.25) is 0 Å². The Labute approximate surface area is 120 Å². The maximum Gasteiger partial charge on any atom is -0.00186 e. The van der Waals surface area contributed by atoms with Gasteiger partial charge in [-0.05, 0) is 57.3 Å². The average Bonchev–Trinajstić information content (AvgIpc) is 2.46. The molecular weight excluding hydrogens is 230 g/mol. The molecule has 1 rings (SSSR count). The molecule has 0 spiro atoms. The van der Waals surface area contributed by atoms with E-state index in [4.69, 9.17) is 0 Å². The van der Waals surface area contributed by atoms with Crippen molar-refractivity contribution in [2.75, 3.05) is 19.6 Å². The van der Waals surface area contributed by atoms with Crippen LogP contribution in [-0.4, -0.2) is 24.5 Å². The van der Waals surface area contributed by atoms with Crippen molar-refractivity contribution in [1.82, 2.24) is 4.90 Å². The zero-order valence-corrected chi connectivity index (χ0v) is 12.9. The molecule has 0 aliphatic rings. The first-order chi connectivity index (χ1) is 9.36. The van der Waals surface area contributed by atoms with Gasteiger partial charge < -0.3 is 4.90 Å². The summed E-state index contributed by atoms with van der Waals surface area (Å²) in [6.45, 7) is 8.44. The number of aryl methyl sites for hydroxylation is 1. The minimum atomic E-state index is 1.23. The summed E-state index contributed by atoms with van der Waals surface area (Å²) in [5.41, 5.74) is 1.48. The third-order valence-corrected chi connectivity index (χ3v) is 3.69. The highest BCUT2D eigenvalue weighted by atomic mass is 15.1. The Kier molecular flexibility index (Phi) is 9.44. The molecule has 1 aromatic carbocycles. The molecule has 1 heteroatoms. The summed E-state index contributed by atoms with van der Waals surface area (Å²) >= 11 is 0. The second kappa shape index (κ2) is 11.0. The Bertz CT molecular complexity index is 286. The first-order valence-electron chi connectivity index (χ1n) is 8.13. The minimum Gasteiger partial charge on any atom is -0.303 e. The van der Waals surface area contributed by atoms with Gasteiger partial charge in [0.1, 0.15) is 0 Å². The molecule has 0 atom stereocenters. The van der Waals surface area contributed by atoms with Gasteiger partial charge in [-0.3, -0.25) is 0 Å². The Hall–Kier alpha value is -0.820. The van der Waals surface area contributed by atoms with E-state index in [2.05, 4.69) is 49.1 Å². The summed E-state index contributed by atoms with van der Waals surface area (Å²) in [6, 6.07) is 10.9. The highest BCUT2D eigenvalue weighted by molar-refractivity contribution is 5.14. The van der Waals surface area contributed by atoms with Crippen LogP contribution in [0.3, 0.4) is 0 Å². The van der Waals surface area contributed by atoms with Crippen molar-refractivity contribution >= 4 is 0 Å². The zero-order valence-electron chi connectivity index (χ0n) is 12.9. The standard InChI is InChI=1S/C18H31N/c1-3-5-15-19(16-6-4-2)17-11-10-14-18-12-8-7-9-13-18/h7-9,12-13H,3-6,10-11,14-17H2,1-2H3. The molecular formula is C18H31N. The third-order valence-electron chi connectivity index (χ3n) is 3.69. The lowest BCUT2D eigenvalue weighted by Gasteiger charge is -2.21. The van der Waals surface area contributed by atoms with Gasteiger partial charge in [-0.2, -0.15) is 0 Å². The molecule has 0 aliphatic heterocycles. The van der Waals surface area contributed by atoms with Crippen LogP contribution in [0.4, 0.5) is 0 Å². The number of unbranched alkanes of at least 4 members (excludes halogenated alkanes) is 3. The summed E-state index contributed by atoms with van der Waals surface area (Å²) in [4.78, 5) is 2.66. The topological polar surface area (TPSA) is 3.24 Å². The van der Waals surface area contributed by atoms with E-state index < -0.39 is 0 Å². The molecule has 0 saturated heterocycles. The summed E-state index contributed by atoms with van der Waals surface area (Å²) in [7, 11) is 0. The number of hydrogen-bond donors (Lipinski definition) is 0. The number of benzene rings is 1. The Morgan fingerprint density at radius 2 is 1.32 bits per heavy atom. The Morgan fingerprint density at radius 3 is 1.89 bits per heavy atom. The van der Waals surface area contributed by atoms with Gasteiger partial charge in [-0.1, -0.05) is 57.0 Å². The van der Waals surface area contributed by atoms with E-state index in [1.54, 1.807) is 0 Å². The van der Waals surface area contributed by atoms with Crippen LogP contribution in [0.2, 0.25) is 0 Å². The molecule has 0 bridgehead atoms. The van der Waals surface area contributed by atoms with Crippen LogP contribution in [0.5, 0.6) is 0 Å². The molecule has 0 amide bonds. The van der Waals surface area contributed by atoms with E-state index in [1.807, 2.05) is 0 Å². The van der Waals surface area contributed by atoms with E-state index >= 15 is 0 Å². The zero-order chi connectivity index (χ0) is 13.8. The van der Waals surface area contributed by atoms with Crippen LogP contribution in [0.1, 0.15) is 57.9 Å². The first kappa shape index (κ1) is 16.2. The maximum absolute atomic E-state index is 2.66. The van der Waals surface area contributed by atoms with Crippen LogP contribution in [0.15, 0.2) is 30.3 Å². The summed E-state index contributed by atoms with van der Waals surface area (Å²) in [5.74, 6) is 0. The number of nitrogens with zero attached hydrogens (tertiary/aromatic N) is 1. The molecule has 108 valence electrons. The van der Waals surface area contributed by atoms with Crippen LogP contribution in [-0.2, 0) is 6.42 Å². The lowest BCUT2D eigenvalue weighted by Crippen LogP contribution is -2.27. The predicted octanol–water partition coefficient (Wildman–Crippen LogP) is 4.91. The van der Waals surface area contributed by atoms with E-state index in [0.29, 0.717) is 0 Å². The summed E-state index contributed by atoms with van der Waals surface area (Å²) < 4.78 is 0. The molecule has 0 saturated carbocycles. The van der Waals surface area contributed by atoms with E-state index in [9.17, 15) is 0 Å². The molecule has 1 aromatic rings. The number of rotatable bonds is 11. The lowest BCUT2D eigenvalue weighted by atomic mass is 10.1. The Balaban J connectivity index is 2.16. The van der Waals surface area contributed by atoms with Crippen molar-refractivity contribution in [3.63, 3.8) is 0 Å². The minimum absolute atomic E-state index is 1.23. The van der Waals surface area contributed by atoms with E-state index in [1.165, 1.54) is 70.1 Å². The van der Waals surface area contributed by atoms with Gasteiger partial charge in [0, 0.05) is 0 Å². The molecule has 0 radical (unpaired) electrons. The van der Waals surface area contributed by atoms with Crippen molar-refractivity contribution in [2.45, 2.75) is 58.8 Å². The average molecular weight is 261 g/mol. The van der Waals surface area contributed by atoms with Gasteiger partial charge in [-0.25, -0.2) is 0 Å². The first-order valence-corrected chi connectivity index (χ1v) is 8.13. The Morgan fingerprint density at radius 1 is 0.737 bits per heavy atom. The van der Waals surface area contributed by atoms with Crippen molar-refractivity contribution in [1.29, 1.82) is 0 Å². The molecule has 0 N–H and O–H groups in total. The molecule has 1 nitrogen and oxygen atoms in total. The van der Waals surface area contributed by atoms with Crippen molar-refractivity contribution < 1.29 is 0 Å². The molecule has 0 fully saturated rings. The monoisotopic (exact) mass is 261 g/mol. The second-order valence-corrected chi connectivity index (χ2v) is 5.49. The smallest absolute Gasteiger partial charge is 0.00186 e.